The summed E-state index contributed by atoms with van der Waals surface area (Å²) in [7, 11) is 1.50. The zero-order chi connectivity index (χ0) is 10.5. The highest BCUT2D eigenvalue weighted by Crippen LogP contribution is 2.23. The lowest BCUT2D eigenvalue weighted by atomic mass is 9.97. The molecule has 0 saturated carbocycles. The molecule has 0 saturated heterocycles. The second-order valence-electron chi connectivity index (χ2n) is 2.91. The van der Waals surface area contributed by atoms with Crippen LogP contribution in [0, 0.1) is 0 Å². The van der Waals surface area contributed by atoms with Gasteiger partial charge in [-0.3, -0.25) is 0 Å². The van der Waals surface area contributed by atoms with Crippen molar-refractivity contribution in [3.8, 4) is 0 Å². The molecule has 0 aromatic heterocycles. The Morgan fingerprint density at radius 2 is 2.15 bits per heavy atom. The molecule has 0 rings (SSSR count). The Kier molecular flexibility index (Phi) is 4.49. The first kappa shape index (κ1) is 12.0. The molecule has 0 amide bonds. The molecule has 0 radical (unpaired) electrons. The second kappa shape index (κ2) is 4.87. The minimum Gasteiger partial charge on any atom is -0.460 e. The normalized spacial score (nSPS) is 14.2. The minimum atomic E-state index is -1.24. The van der Waals surface area contributed by atoms with Crippen molar-refractivity contribution in [3.05, 3.63) is 30.2 Å². The summed E-state index contributed by atoms with van der Waals surface area (Å²) in [4.78, 5) is 0. The fourth-order valence-corrected chi connectivity index (χ4v) is 0.675. The Bertz CT molecular complexity index is 235. The highest BCUT2D eigenvalue weighted by molar-refractivity contribution is 5.22. The summed E-state index contributed by atoms with van der Waals surface area (Å²) in [5.74, 6) is 0.224. The van der Waals surface area contributed by atoms with Crippen LogP contribution in [0.25, 0.3) is 0 Å². The summed E-state index contributed by atoms with van der Waals surface area (Å²) in [6, 6.07) is 0. The number of ether oxygens (including phenoxy) is 2. The van der Waals surface area contributed by atoms with Crippen molar-refractivity contribution in [3.63, 3.8) is 0 Å². The van der Waals surface area contributed by atoms with Crippen LogP contribution < -0.4 is 0 Å². The molecule has 0 fully saturated rings. The Morgan fingerprint density at radius 3 is 2.46 bits per heavy atom. The zero-order valence-electron chi connectivity index (χ0n) is 8.39. The highest BCUT2D eigenvalue weighted by atomic mass is 16.7. The Hall–Kier alpha value is -1.02. The molecule has 0 bridgehead atoms. The fourth-order valence-electron chi connectivity index (χ4n) is 0.675. The van der Waals surface area contributed by atoms with E-state index in [1.807, 2.05) is 0 Å². The van der Waals surface area contributed by atoms with Crippen molar-refractivity contribution in [1.82, 2.24) is 0 Å². The number of hydrogen-bond donors (Lipinski definition) is 1. The number of rotatable bonds is 5. The molecule has 3 nitrogen and oxygen atoms in total. The van der Waals surface area contributed by atoms with Crippen molar-refractivity contribution in [1.29, 1.82) is 0 Å². The molecule has 13 heavy (non-hydrogen) atoms. The average Bonchev–Trinajstić information content (AvgIpc) is 2.05. The van der Waals surface area contributed by atoms with Crippen molar-refractivity contribution < 1.29 is 14.6 Å². The molecule has 3 heteroatoms. The molecule has 0 aliphatic carbocycles. The summed E-state index contributed by atoms with van der Waals surface area (Å²) < 4.78 is 9.77. The number of hydrogen-bond acceptors (Lipinski definition) is 3. The van der Waals surface area contributed by atoms with E-state index in [-0.39, 0.29) is 12.6 Å². The smallest absolute Gasteiger partial charge is 0.189 e. The largest absolute Gasteiger partial charge is 0.460 e. The molecule has 1 atom stereocenters. The average molecular weight is 184 g/mol. The van der Waals surface area contributed by atoms with Crippen molar-refractivity contribution in [2.45, 2.75) is 19.4 Å². The van der Waals surface area contributed by atoms with Crippen LogP contribution in [0.15, 0.2) is 30.2 Å². The monoisotopic (exact) mass is 184 g/mol. The van der Waals surface area contributed by atoms with Gasteiger partial charge in [0.25, 0.3) is 0 Å². The van der Waals surface area contributed by atoms with Crippen LogP contribution in [0.5, 0.6) is 0 Å². The van der Waals surface area contributed by atoms with Gasteiger partial charge >= 0.3 is 0 Å². The molecule has 74 valence electrons. The maximum atomic E-state index is 9.86. The maximum Gasteiger partial charge on any atom is 0.189 e. The molecule has 0 aromatic rings. The van der Waals surface area contributed by atoms with Crippen LogP contribution in [0.3, 0.4) is 0 Å². The van der Waals surface area contributed by atoms with E-state index < -0.39 is 5.60 Å². The van der Waals surface area contributed by atoms with Gasteiger partial charge in [-0.1, -0.05) is 18.9 Å². The fraction of sp³-hybridized carbons (Fsp3) is 0.500. The van der Waals surface area contributed by atoms with E-state index in [0.717, 1.165) is 0 Å². The Labute approximate surface area is 79.0 Å². The lowest BCUT2D eigenvalue weighted by Crippen LogP contribution is -2.29. The van der Waals surface area contributed by atoms with Crippen LogP contribution in [0.4, 0.5) is 0 Å². The molecule has 0 aliphatic rings. The van der Waals surface area contributed by atoms with E-state index in [1.54, 1.807) is 13.8 Å². The Balaban J connectivity index is 4.59. The first-order chi connectivity index (χ1) is 5.96. The number of methoxy groups -OCH3 is 1. The standard InChI is InChI=1S/C10H16O3/c1-6-9(13-7-12-5)10(4,11)8(2)3/h11H,1-2,7H2,3-5H3. The van der Waals surface area contributed by atoms with Gasteiger partial charge in [-0.25, -0.2) is 0 Å². The van der Waals surface area contributed by atoms with Crippen LogP contribution in [0.2, 0.25) is 0 Å². The van der Waals surface area contributed by atoms with Crippen molar-refractivity contribution in [2.24, 2.45) is 0 Å². The Morgan fingerprint density at radius 1 is 1.62 bits per heavy atom. The SMILES string of the molecule is C=C=C(OCOC)C(C)(O)C(=C)C. The third kappa shape index (κ3) is 3.07. The zero-order valence-corrected chi connectivity index (χ0v) is 8.39. The topological polar surface area (TPSA) is 38.7 Å². The van der Waals surface area contributed by atoms with Gasteiger partial charge in [-0.15, -0.1) is 0 Å². The van der Waals surface area contributed by atoms with E-state index in [9.17, 15) is 5.11 Å². The maximum absolute atomic E-state index is 9.86. The van der Waals surface area contributed by atoms with E-state index in [0.29, 0.717) is 5.57 Å². The first-order valence-electron chi connectivity index (χ1n) is 3.87. The van der Waals surface area contributed by atoms with E-state index >= 15 is 0 Å². The van der Waals surface area contributed by atoms with E-state index in [2.05, 4.69) is 18.9 Å². The third-order valence-electron chi connectivity index (χ3n) is 1.75. The lowest BCUT2D eigenvalue weighted by molar-refractivity contribution is -0.0345. The molecule has 0 aliphatic heterocycles. The van der Waals surface area contributed by atoms with Gasteiger partial charge in [0.1, 0.15) is 5.60 Å². The molecule has 1 unspecified atom stereocenters. The van der Waals surface area contributed by atoms with Crippen LogP contribution in [-0.4, -0.2) is 24.6 Å². The molecular weight excluding hydrogens is 168 g/mol. The van der Waals surface area contributed by atoms with Gasteiger partial charge in [-0.05, 0) is 19.4 Å². The van der Waals surface area contributed by atoms with Gasteiger partial charge in [0.05, 0.1) is 0 Å². The van der Waals surface area contributed by atoms with E-state index in [1.165, 1.54) is 7.11 Å². The van der Waals surface area contributed by atoms with Crippen LogP contribution in [-0.2, 0) is 9.47 Å². The molecule has 1 N–H and O–H groups in total. The van der Waals surface area contributed by atoms with Crippen molar-refractivity contribution >= 4 is 0 Å². The predicted octanol–water partition coefficient (Wildman–Crippen LogP) is 1.60. The van der Waals surface area contributed by atoms with Gasteiger partial charge in [-0.2, -0.15) is 0 Å². The summed E-state index contributed by atoms with van der Waals surface area (Å²) in [6.07, 6.45) is 0. The van der Waals surface area contributed by atoms with E-state index in [4.69, 9.17) is 9.47 Å². The summed E-state index contributed by atoms with van der Waals surface area (Å²) in [5.41, 5.74) is 1.84. The van der Waals surface area contributed by atoms with Crippen molar-refractivity contribution in [2.75, 3.05) is 13.9 Å². The molecule has 0 aromatic carbocycles. The first-order valence-corrected chi connectivity index (χ1v) is 3.87. The summed E-state index contributed by atoms with van der Waals surface area (Å²) in [6.45, 7) is 10.4. The highest BCUT2D eigenvalue weighted by Gasteiger charge is 2.28. The molecule has 0 heterocycles. The molecular formula is C10H16O3. The quantitative estimate of drug-likeness (QED) is 0.305. The summed E-state index contributed by atoms with van der Waals surface area (Å²) >= 11 is 0. The minimum absolute atomic E-state index is 0.0568. The van der Waals surface area contributed by atoms with Crippen LogP contribution in [0.1, 0.15) is 13.8 Å². The predicted molar refractivity (Wildman–Crippen MR) is 51.1 cm³/mol. The van der Waals surface area contributed by atoms with Gasteiger partial charge in [0.2, 0.25) is 0 Å². The third-order valence-corrected chi connectivity index (χ3v) is 1.75. The van der Waals surface area contributed by atoms with Crippen LogP contribution >= 0.6 is 0 Å². The van der Waals surface area contributed by atoms with Gasteiger partial charge in [0.15, 0.2) is 12.6 Å². The lowest BCUT2D eigenvalue weighted by Gasteiger charge is -2.24. The summed E-state index contributed by atoms with van der Waals surface area (Å²) in [5, 5.41) is 9.86. The molecule has 0 spiro atoms. The van der Waals surface area contributed by atoms with Gasteiger partial charge < -0.3 is 14.6 Å². The second-order valence-corrected chi connectivity index (χ2v) is 2.91. The number of aliphatic hydroxyl groups is 1. The van der Waals surface area contributed by atoms with Gasteiger partial charge in [0, 0.05) is 7.11 Å².